The number of aliphatic hydroxyl groups is 1. The number of hydrogen-bond acceptors (Lipinski definition) is 4. The molecular formula is C6H9NaO7W. The minimum absolute atomic E-state index is 0. The average Bonchev–Trinajstić information content (AvgIpc) is 1.82. The number of rotatable bonds is 5. The fourth-order valence-corrected chi connectivity index (χ4v) is 0.714. The normalized spacial score (nSPS) is 9.40. The summed E-state index contributed by atoms with van der Waals surface area (Å²) in [5.74, 6) is -5.02. The van der Waals surface area contributed by atoms with E-state index in [1.165, 1.54) is 0 Å². The molecule has 0 aromatic carbocycles. The molecule has 0 unspecified atom stereocenters. The van der Waals surface area contributed by atoms with E-state index in [0.29, 0.717) is 0 Å². The predicted octanol–water partition coefficient (Wildman–Crippen LogP) is -4.13. The number of carbonyl (C=O) groups is 3. The topological polar surface area (TPSA) is 132 Å². The number of carboxylic acid groups (broad SMARTS) is 3. The minimum Gasteiger partial charge on any atom is -1.00 e. The van der Waals surface area contributed by atoms with E-state index in [1.807, 2.05) is 0 Å². The first-order chi connectivity index (χ1) is 5.78. The van der Waals surface area contributed by atoms with Crippen molar-refractivity contribution in [3.8, 4) is 0 Å². The molecule has 0 spiro atoms. The Bertz CT molecular complexity index is 243. The summed E-state index contributed by atoms with van der Waals surface area (Å²) < 4.78 is 0. The van der Waals surface area contributed by atoms with Crippen LogP contribution in [0.5, 0.6) is 0 Å². The van der Waals surface area contributed by atoms with Gasteiger partial charge in [0.1, 0.15) is 0 Å². The second-order valence-corrected chi connectivity index (χ2v) is 2.48. The van der Waals surface area contributed by atoms with E-state index in [9.17, 15) is 14.4 Å². The van der Waals surface area contributed by atoms with Crippen molar-refractivity contribution in [2.24, 2.45) is 0 Å². The van der Waals surface area contributed by atoms with Crippen molar-refractivity contribution < 1.29 is 86.9 Å². The van der Waals surface area contributed by atoms with Crippen LogP contribution in [0.1, 0.15) is 14.3 Å². The zero-order chi connectivity index (χ0) is 10.6. The number of aliphatic carboxylic acids is 3. The largest absolute Gasteiger partial charge is 1.00 e. The molecule has 0 radical (unpaired) electrons. The molecule has 0 aromatic rings. The third-order valence-corrected chi connectivity index (χ3v) is 1.29. The molecule has 0 aliphatic rings. The van der Waals surface area contributed by atoms with Crippen molar-refractivity contribution in [3.05, 3.63) is 0 Å². The predicted molar refractivity (Wildman–Crippen MR) is 38.2 cm³/mol. The molecule has 0 aromatic heterocycles. The molecule has 0 heterocycles. The van der Waals surface area contributed by atoms with Gasteiger partial charge < -0.3 is 21.9 Å². The third kappa shape index (κ3) is 7.93. The van der Waals surface area contributed by atoms with Crippen LogP contribution in [0.2, 0.25) is 0 Å². The average molecular weight is 400 g/mol. The van der Waals surface area contributed by atoms with E-state index >= 15 is 0 Å². The van der Waals surface area contributed by atoms with Crippen LogP contribution in [0.25, 0.3) is 0 Å². The molecule has 15 heavy (non-hydrogen) atoms. The SMILES string of the molecule is O=C(O)CC(O)(CC(=O)O)C(=O)O.[H-].[Na+].[W]. The number of hydrogen-bond donors (Lipinski definition) is 4. The Morgan fingerprint density at radius 3 is 1.40 bits per heavy atom. The summed E-state index contributed by atoms with van der Waals surface area (Å²) in [5, 5.41) is 33.8. The molecule has 0 saturated heterocycles. The summed E-state index contributed by atoms with van der Waals surface area (Å²) in [6, 6.07) is 0. The van der Waals surface area contributed by atoms with Gasteiger partial charge in [0.25, 0.3) is 0 Å². The van der Waals surface area contributed by atoms with Gasteiger partial charge in [0.15, 0.2) is 5.60 Å². The molecule has 4 N–H and O–H groups in total. The summed E-state index contributed by atoms with van der Waals surface area (Å²) in [5.41, 5.74) is -2.74. The van der Waals surface area contributed by atoms with Gasteiger partial charge in [-0.2, -0.15) is 0 Å². The third-order valence-electron chi connectivity index (χ3n) is 1.29. The zero-order valence-corrected chi connectivity index (χ0v) is 12.8. The summed E-state index contributed by atoms with van der Waals surface area (Å²) in [7, 11) is 0. The smallest absolute Gasteiger partial charge is 1.00 e. The summed E-state index contributed by atoms with van der Waals surface area (Å²) in [6.07, 6.45) is -2.29. The first kappa shape index (κ1) is 20.5. The summed E-state index contributed by atoms with van der Waals surface area (Å²) in [6.45, 7) is 0. The Hall–Kier alpha value is 0.0583. The van der Waals surface area contributed by atoms with Gasteiger partial charge in [0.2, 0.25) is 0 Å². The van der Waals surface area contributed by atoms with Gasteiger partial charge >= 0.3 is 47.5 Å². The molecule has 0 aliphatic heterocycles. The molecule has 82 valence electrons. The van der Waals surface area contributed by atoms with E-state index in [0.717, 1.165) is 0 Å². The minimum atomic E-state index is -2.74. The molecular weight excluding hydrogens is 391 g/mol. The first-order valence-electron chi connectivity index (χ1n) is 3.17. The first-order valence-corrected chi connectivity index (χ1v) is 3.17. The Morgan fingerprint density at radius 1 is 1.00 bits per heavy atom. The van der Waals surface area contributed by atoms with Crippen LogP contribution in [0, 0.1) is 0 Å². The van der Waals surface area contributed by atoms with E-state index in [1.54, 1.807) is 0 Å². The van der Waals surface area contributed by atoms with Gasteiger partial charge in [-0.05, 0) is 0 Å². The van der Waals surface area contributed by atoms with Crippen LogP contribution in [-0.4, -0.2) is 43.9 Å². The van der Waals surface area contributed by atoms with Crippen LogP contribution >= 0.6 is 0 Å². The van der Waals surface area contributed by atoms with Crippen molar-refractivity contribution in [1.82, 2.24) is 0 Å². The molecule has 0 rings (SSSR count). The van der Waals surface area contributed by atoms with Crippen LogP contribution in [0.4, 0.5) is 0 Å². The van der Waals surface area contributed by atoms with Crippen molar-refractivity contribution in [2.75, 3.05) is 0 Å². The van der Waals surface area contributed by atoms with Crippen molar-refractivity contribution in [1.29, 1.82) is 0 Å². The maximum atomic E-state index is 10.3. The van der Waals surface area contributed by atoms with E-state index in [4.69, 9.17) is 20.4 Å². The maximum Gasteiger partial charge on any atom is 1.00 e. The van der Waals surface area contributed by atoms with Crippen LogP contribution in [0.15, 0.2) is 0 Å². The molecule has 0 fully saturated rings. The molecule has 0 saturated carbocycles. The quantitative estimate of drug-likeness (QED) is 0.345. The molecule has 7 nitrogen and oxygen atoms in total. The van der Waals surface area contributed by atoms with Gasteiger partial charge in [0.05, 0.1) is 12.8 Å². The van der Waals surface area contributed by atoms with Crippen LogP contribution in [0.3, 0.4) is 0 Å². The molecule has 9 heteroatoms. The fourth-order valence-electron chi connectivity index (χ4n) is 0.714. The van der Waals surface area contributed by atoms with Gasteiger partial charge in [-0.1, -0.05) is 0 Å². The van der Waals surface area contributed by atoms with E-state index in [-0.39, 0.29) is 52.0 Å². The number of carboxylic acids is 3. The van der Waals surface area contributed by atoms with E-state index in [2.05, 4.69) is 0 Å². The van der Waals surface area contributed by atoms with Crippen molar-refractivity contribution >= 4 is 17.9 Å². The standard InChI is InChI=1S/C6H8O7.Na.W.H/c7-3(8)1-6(13,5(11)12)2-4(9)10;;;/h13H,1-2H2,(H,7,8)(H,9,10)(H,11,12);;;/q;+1;;-1. The zero-order valence-electron chi connectivity index (χ0n) is 8.84. The molecule has 0 amide bonds. The molecule has 0 bridgehead atoms. The Labute approximate surface area is 123 Å². The molecule has 0 atom stereocenters. The van der Waals surface area contributed by atoms with Crippen LogP contribution in [-0.2, 0) is 35.4 Å². The van der Waals surface area contributed by atoms with Gasteiger partial charge in [-0.3, -0.25) is 9.59 Å². The summed E-state index contributed by atoms with van der Waals surface area (Å²) >= 11 is 0. The van der Waals surface area contributed by atoms with Crippen molar-refractivity contribution in [3.63, 3.8) is 0 Å². The Morgan fingerprint density at radius 2 is 1.27 bits per heavy atom. The van der Waals surface area contributed by atoms with E-state index < -0.39 is 36.4 Å². The maximum absolute atomic E-state index is 10.3. The van der Waals surface area contributed by atoms with Gasteiger partial charge in [-0.25, -0.2) is 4.79 Å². The Kier molecular flexibility index (Phi) is 11.2. The fraction of sp³-hybridized carbons (Fsp3) is 0.500. The Balaban J connectivity index is -0.000000240. The molecule has 0 aliphatic carbocycles. The van der Waals surface area contributed by atoms with Crippen molar-refractivity contribution in [2.45, 2.75) is 18.4 Å². The second-order valence-electron chi connectivity index (χ2n) is 2.48. The summed E-state index contributed by atoms with van der Waals surface area (Å²) in [4.78, 5) is 30.5. The second kappa shape index (κ2) is 8.24. The monoisotopic (exact) mass is 400 g/mol. The van der Waals surface area contributed by atoms with Crippen LogP contribution < -0.4 is 29.6 Å². The van der Waals surface area contributed by atoms with Gasteiger partial charge in [0, 0.05) is 21.1 Å². The van der Waals surface area contributed by atoms with Gasteiger partial charge in [-0.15, -0.1) is 0 Å².